The van der Waals surface area contributed by atoms with Gasteiger partial charge in [-0.25, -0.2) is 9.59 Å². The molecule has 0 bridgehead atoms. The Kier molecular flexibility index (Phi) is 5.70. The van der Waals surface area contributed by atoms with Crippen LogP contribution in [-0.2, 0) is 9.53 Å². The first-order chi connectivity index (χ1) is 15.3. The van der Waals surface area contributed by atoms with Crippen molar-refractivity contribution in [1.82, 2.24) is 5.32 Å². The molecule has 0 aromatic heterocycles. The molecule has 2 N–H and O–H groups in total. The van der Waals surface area contributed by atoms with Crippen molar-refractivity contribution >= 4 is 12.1 Å². The minimum absolute atomic E-state index is 0.0942. The second-order valence-corrected chi connectivity index (χ2v) is 9.46. The number of aliphatic carboxylic acids is 1. The normalized spacial score (nSPS) is 22.2. The largest absolute Gasteiger partial charge is 0.480 e. The van der Waals surface area contributed by atoms with Crippen LogP contribution in [0, 0.1) is 17.8 Å². The summed E-state index contributed by atoms with van der Waals surface area (Å²) < 4.78 is 6.18. The predicted octanol–water partition coefficient (Wildman–Crippen LogP) is 3.47. The number of carbonyl (C=O) groups is 2. The van der Waals surface area contributed by atoms with E-state index in [2.05, 4.69) is 23.4 Å². The lowest BCUT2D eigenvalue weighted by Crippen LogP contribution is -2.62. The molecule has 32 heavy (non-hydrogen) atoms. The minimum atomic E-state index is -1.21. The second-order valence-electron chi connectivity index (χ2n) is 9.46. The third-order valence-corrected chi connectivity index (χ3v) is 6.79. The van der Waals surface area contributed by atoms with E-state index in [9.17, 15) is 14.7 Å². The van der Waals surface area contributed by atoms with Gasteiger partial charge in [0.1, 0.15) is 12.0 Å². The molecule has 0 spiro atoms. The summed E-state index contributed by atoms with van der Waals surface area (Å²) in [4.78, 5) is 24.9. The van der Waals surface area contributed by atoms with Crippen molar-refractivity contribution in [2.24, 2.45) is 5.41 Å². The molecule has 1 aliphatic carbocycles. The van der Waals surface area contributed by atoms with E-state index in [-0.39, 0.29) is 12.5 Å². The first-order valence-electron chi connectivity index (χ1n) is 10.9. The van der Waals surface area contributed by atoms with Gasteiger partial charge in [0.2, 0.25) is 0 Å². The number of piperidine rings is 1. The van der Waals surface area contributed by atoms with Crippen LogP contribution in [0.4, 0.5) is 4.79 Å². The molecule has 0 saturated carbocycles. The molecular formula is C26H29N2O4+. The van der Waals surface area contributed by atoms with Crippen LogP contribution in [0.3, 0.4) is 0 Å². The van der Waals surface area contributed by atoms with Gasteiger partial charge in [-0.15, -0.1) is 6.42 Å². The number of likely N-dealkylation sites (tertiary alicyclic amines) is 1. The van der Waals surface area contributed by atoms with E-state index in [1.54, 1.807) is 0 Å². The van der Waals surface area contributed by atoms with Gasteiger partial charge in [-0.2, -0.15) is 0 Å². The van der Waals surface area contributed by atoms with Gasteiger partial charge < -0.3 is 19.6 Å². The molecule has 2 aliphatic rings. The van der Waals surface area contributed by atoms with Gasteiger partial charge in [0.05, 0.1) is 27.2 Å². The third kappa shape index (κ3) is 3.96. The van der Waals surface area contributed by atoms with Crippen LogP contribution < -0.4 is 5.32 Å². The number of nitrogens with zero attached hydrogens (tertiary/aromatic N) is 1. The van der Waals surface area contributed by atoms with Crippen LogP contribution >= 0.6 is 0 Å². The predicted molar refractivity (Wildman–Crippen MR) is 122 cm³/mol. The van der Waals surface area contributed by atoms with Crippen LogP contribution in [0.15, 0.2) is 48.5 Å². The summed E-state index contributed by atoms with van der Waals surface area (Å²) >= 11 is 0. The quantitative estimate of drug-likeness (QED) is 0.559. The Labute approximate surface area is 188 Å². The van der Waals surface area contributed by atoms with Crippen molar-refractivity contribution in [2.45, 2.75) is 24.8 Å². The van der Waals surface area contributed by atoms with Crippen molar-refractivity contribution in [3.05, 3.63) is 59.7 Å². The Bertz CT molecular complexity index is 1040. The lowest BCUT2D eigenvalue weighted by Gasteiger charge is -2.45. The first kappa shape index (κ1) is 21.9. The Morgan fingerprint density at radius 3 is 2.31 bits per heavy atom. The van der Waals surface area contributed by atoms with E-state index in [4.69, 9.17) is 11.2 Å². The zero-order chi connectivity index (χ0) is 22.9. The van der Waals surface area contributed by atoms with Gasteiger partial charge in [-0.3, -0.25) is 0 Å². The Balaban J connectivity index is 1.50. The molecule has 1 fully saturated rings. The van der Waals surface area contributed by atoms with Crippen LogP contribution in [0.1, 0.15) is 29.9 Å². The van der Waals surface area contributed by atoms with Crippen LogP contribution in [-0.4, -0.2) is 61.5 Å². The maximum Gasteiger partial charge on any atom is 0.407 e. The van der Waals surface area contributed by atoms with E-state index < -0.39 is 23.5 Å². The van der Waals surface area contributed by atoms with Gasteiger partial charge in [-0.1, -0.05) is 54.5 Å². The number of carboxylic acid groups (broad SMARTS) is 1. The van der Waals surface area contributed by atoms with E-state index in [0.29, 0.717) is 17.4 Å². The van der Waals surface area contributed by atoms with E-state index in [1.165, 1.54) is 0 Å². The van der Waals surface area contributed by atoms with Crippen LogP contribution in [0.2, 0.25) is 0 Å². The number of carboxylic acids is 1. The number of nitrogens with one attached hydrogen (secondary N) is 1. The molecule has 2 atom stereocenters. The number of alkyl carbamates (subject to hydrolysis) is 1. The van der Waals surface area contributed by atoms with Crippen molar-refractivity contribution in [3.8, 4) is 23.5 Å². The molecular weight excluding hydrogens is 404 g/mol. The maximum absolute atomic E-state index is 12.7. The third-order valence-electron chi connectivity index (χ3n) is 6.79. The molecule has 4 rings (SSSR count). The zero-order valence-corrected chi connectivity index (χ0v) is 18.5. The average Bonchev–Trinajstić information content (AvgIpc) is 3.09. The summed E-state index contributed by atoms with van der Waals surface area (Å²) in [6.45, 7) is 1.52. The number of hydrogen-bond donors (Lipinski definition) is 2. The summed E-state index contributed by atoms with van der Waals surface area (Å²) in [7, 11) is 4.05. The second kappa shape index (κ2) is 8.33. The SMILES string of the molecule is C#C[C@@]1([C@H](NC(=O)OCC2c3ccccc3-c3ccccc32)C(=O)O)CCC[N+](C)(C)C1. The van der Waals surface area contributed by atoms with E-state index in [0.717, 1.165) is 35.2 Å². The first-order valence-corrected chi connectivity index (χ1v) is 10.9. The Morgan fingerprint density at radius 1 is 1.19 bits per heavy atom. The molecule has 6 nitrogen and oxygen atoms in total. The molecule has 0 radical (unpaired) electrons. The number of rotatable bonds is 5. The number of quaternary nitrogens is 1. The van der Waals surface area contributed by atoms with Crippen molar-refractivity contribution in [1.29, 1.82) is 0 Å². The van der Waals surface area contributed by atoms with Crippen LogP contribution in [0.25, 0.3) is 11.1 Å². The van der Waals surface area contributed by atoms with Gasteiger partial charge >= 0.3 is 12.1 Å². The summed E-state index contributed by atoms with van der Waals surface area (Å²) in [5, 5.41) is 12.5. The van der Waals surface area contributed by atoms with Crippen molar-refractivity contribution < 1.29 is 23.9 Å². The molecule has 2 aromatic carbocycles. The highest BCUT2D eigenvalue weighted by Gasteiger charge is 2.50. The summed E-state index contributed by atoms with van der Waals surface area (Å²) in [5.74, 6) is 1.48. The lowest BCUT2D eigenvalue weighted by atomic mass is 9.73. The van der Waals surface area contributed by atoms with E-state index >= 15 is 0 Å². The molecule has 166 valence electrons. The number of amides is 1. The number of benzene rings is 2. The van der Waals surface area contributed by atoms with Crippen LogP contribution in [0.5, 0.6) is 0 Å². The molecule has 1 aliphatic heterocycles. The smallest absolute Gasteiger partial charge is 0.407 e. The highest BCUT2D eigenvalue weighted by Crippen LogP contribution is 2.44. The summed E-state index contributed by atoms with van der Waals surface area (Å²) in [5.41, 5.74) is 3.51. The number of terminal acetylenes is 1. The molecule has 1 amide bonds. The van der Waals surface area contributed by atoms with E-state index in [1.807, 2.05) is 50.5 Å². The van der Waals surface area contributed by atoms with Crippen molar-refractivity contribution in [2.75, 3.05) is 33.8 Å². The summed E-state index contributed by atoms with van der Waals surface area (Å²) in [6.07, 6.45) is 6.42. The number of carbonyl (C=O) groups excluding carboxylic acids is 1. The molecule has 0 unspecified atom stereocenters. The van der Waals surface area contributed by atoms with Gasteiger partial charge in [0.15, 0.2) is 6.04 Å². The highest BCUT2D eigenvalue weighted by molar-refractivity contribution is 5.82. The number of hydrogen-bond acceptors (Lipinski definition) is 3. The standard InChI is InChI=1S/C26H28N2O4/c1-4-26(14-9-15-28(2,3)17-26)23(24(29)30)27-25(31)32-16-22-20-12-7-5-10-18(20)19-11-6-8-13-21(19)22/h1,5-8,10-13,22-23H,9,14-17H2,2-3H3,(H-,27,29,30,31)/p+1/t23-,26-/m1/s1. The minimum Gasteiger partial charge on any atom is -0.480 e. The Hall–Kier alpha value is -3.30. The van der Waals surface area contributed by atoms with Crippen molar-refractivity contribution in [3.63, 3.8) is 0 Å². The molecule has 1 saturated heterocycles. The van der Waals surface area contributed by atoms with Gasteiger partial charge in [-0.05, 0) is 35.1 Å². The number of ether oxygens (including phenoxy) is 1. The maximum atomic E-state index is 12.7. The summed E-state index contributed by atoms with van der Waals surface area (Å²) in [6, 6.07) is 14.9. The lowest BCUT2D eigenvalue weighted by molar-refractivity contribution is -0.901. The zero-order valence-electron chi connectivity index (χ0n) is 18.5. The van der Waals surface area contributed by atoms with Gasteiger partial charge in [0.25, 0.3) is 0 Å². The molecule has 6 heteroatoms. The molecule has 1 heterocycles. The topological polar surface area (TPSA) is 75.6 Å². The fraction of sp³-hybridized carbons (Fsp3) is 0.385. The fourth-order valence-electron chi connectivity index (χ4n) is 5.38. The monoisotopic (exact) mass is 433 g/mol. The Morgan fingerprint density at radius 2 is 1.78 bits per heavy atom. The average molecular weight is 434 g/mol. The molecule has 2 aromatic rings. The highest BCUT2D eigenvalue weighted by atomic mass is 16.5. The number of fused-ring (bicyclic) bond motifs is 3. The van der Waals surface area contributed by atoms with Gasteiger partial charge in [0, 0.05) is 5.92 Å². The fourth-order valence-corrected chi connectivity index (χ4v) is 5.38.